The van der Waals surface area contributed by atoms with E-state index in [1.165, 1.54) is 11.1 Å². The van der Waals surface area contributed by atoms with Crippen molar-refractivity contribution in [3.63, 3.8) is 0 Å². The lowest BCUT2D eigenvalue weighted by molar-refractivity contribution is 0.241. The van der Waals surface area contributed by atoms with Gasteiger partial charge in [0.05, 0.1) is 0 Å². The van der Waals surface area contributed by atoms with Gasteiger partial charge < -0.3 is 10.6 Å². The first-order valence-corrected chi connectivity index (χ1v) is 8.04. The standard InChI is InChI=1S/C20H28N2/c1-15(21)19(17-11-7-5-8-12-17)20(16(2)22(3)4)18-13-9-6-10-14-18/h5-16,19-20H,21H2,1-4H3. The van der Waals surface area contributed by atoms with Gasteiger partial charge >= 0.3 is 0 Å². The van der Waals surface area contributed by atoms with Gasteiger partial charge in [-0.3, -0.25) is 0 Å². The lowest BCUT2D eigenvalue weighted by Crippen LogP contribution is -2.40. The summed E-state index contributed by atoms with van der Waals surface area (Å²) in [6.07, 6.45) is 0. The molecule has 0 fully saturated rings. The largest absolute Gasteiger partial charge is 0.327 e. The topological polar surface area (TPSA) is 29.3 Å². The first kappa shape index (κ1) is 16.7. The highest BCUT2D eigenvalue weighted by atomic mass is 15.1. The highest BCUT2D eigenvalue weighted by molar-refractivity contribution is 5.31. The average Bonchev–Trinajstić information content (AvgIpc) is 2.53. The second-order valence-electron chi connectivity index (χ2n) is 6.44. The summed E-state index contributed by atoms with van der Waals surface area (Å²) in [7, 11) is 4.29. The number of benzene rings is 2. The molecule has 0 bridgehead atoms. The Labute approximate surface area is 135 Å². The summed E-state index contributed by atoms with van der Waals surface area (Å²) >= 11 is 0. The maximum absolute atomic E-state index is 6.43. The second-order valence-corrected chi connectivity index (χ2v) is 6.44. The fraction of sp³-hybridized carbons (Fsp3) is 0.400. The molecule has 0 aliphatic heterocycles. The van der Waals surface area contributed by atoms with E-state index in [2.05, 4.69) is 93.5 Å². The van der Waals surface area contributed by atoms with Crippen LogP contribution in [0.2, 0.25) is 0 Å². The van der Waals surface area contributed by atoms with Crippen molar-refractivity contribution in [1.82, 2.24) is 4.90 Å². The molecule has 0 aliphatic rings. The molecular weight excluding hydrogens is 268 g/mol. The van der Waals surface area contributed by atoms with Gasteiger partial charge in [-0.2, -0.15) is 0 Å². The summed E-state index contributed by atoms with van der Waals surface area (Å²) in [5, 5.41) is 0. The van der Waals surface area contributed by atoms with E-state index in [0.717, 1.165) is 0 Å². The molecule has 0 radical (unpaired) electrons. The van der Waals surface area contributed by atoms with Crippen molar-refractivity contribution in [2.45, 2.75) is 37.8 Å². The van der Waals surface area contributed by atoms with Crippen LogP contribution in [0.1, 0.15) is 36.8 Å². The van der Waals surface area contributed by atoms with Crippen LogP contribution in [0.5, 0.6) is 0 Å². The van der Waals surface area contributed by atoms with Gasteiger partial charge in [0.25, 0.3) is 0 Å². The van der Waals surface area contributed by atoms with Crippen molar-refractivity contribution >= 4 is 0 Å². The molecule has 0 amide bonds. The van der Waals surface area contributed by atoms with E-state index < -0.39 is 0 Å². The van der Waals surface area contributed by atoms with Gasteiger partial charge in [-0.05, 0) is 39.1 Å². The summed E-state index contributed by atoms with van der Waals surface area (Å²) < 4.78 is 0. The van der Waals surface area contributed by atoms with E-state index >= 15 is 0 Å². The molecule has 2 rings (SSSR count). The van der Waals surface area contributed by atoms with Crippen LogP contribution in [0, 0.1) is 0 Å². The summed E-state index contributed by atoms with van der Waals surface area (Å²) in [5.74, 6) is 0.652. The summed E-state index contributed by atoms with van der Waals surface area (Å²) in [4.78, 5) is 2.29. The Morgan fingerprint density at radius 2 is 1.14 bits per heavy atom. The van der Waals surface area contributed by atoms with Crippen molar-refractivity contribution in [3.05, 3.63) is 71.8 Å². The van der Waals surface area contributed by atoms with Crippen LogP contribution in [0.4, 0.5) is 0 Å². The minimum absolute atomic E-state index is 0.0926. The zero-order chi connectivity index (χ0) is 16.1. The van der Waals surface area contributed by atoms with Gasteiger partial charge in [0.15, 0.2) is 0 Å². The van der Waals surface area contributed by atoms with Crippen molar-refractivity contribution in [2.75, 3.05) is 14.1 Å². The van der Waals surface area contributed by atoms with E-state index in [-0.39, 0.29) is 6.04 Å². The molecule has 2 heteroatoms. The summed E-state index contributed by atoms with van der Waals surface area (Å²) in [6.45, 7) is 4.41. The minimum Gasteiger partial charge on any atom is -0.327 e. The minimum atomic E-state index is 0.0926. The average molecular weight is 296 g/mol. The first-order valence-electron chi connectivity index (χ1n) is 8.04. The first-order chi connectivity index (χ1) is 10.5. The molecule has 2 aromatic rings. The van der Waals surface area contributed by atoms with E-state index in [1.807, 2.05) is 0 Å². The highest BCUT2D eigenvalue weighted by Crippen LogP contribution is 2.38. The maximum atomic E-state index is 6.43. The molecule has 0 saturated carbocycles. The van der Waals surface area contributed by atoms with Crippen LogP contribution in [0.3, 0.4) is 0 Å². The van der Waals surface area contributed by atoms with Gasteiger partial charge in [-0.25, -0.2) is 0 Å². The smallest absolute Gasteiger partial charge is 0.0136 e. The number of hydrogen-bond acceptors (Lipinski definition) is 2. The monoisotopic (exact) mass is 296 g/mol. The number of hydrogen-bond donors (Lipinski definition) is 1. The molecule has 2 N–H and O–H groups in total. The third kappa shape index (κ3) is 3.76. The molecule has 0 spiro atoms. The van der Waals surface area contributed by atoms with Gasteiger partial charge in [-0.1, -0.05) is 60.7 Å². The van der Waals surface area contributed by atoms with Crippen LogP contribution in [0.25, 0.3) is 0 Å². The van der Waals surface area contributed by atoms with E-state index in [4.69, 9.17) is 5.73 Å². The van der Waals surface area contributed by atoms with E-state index in [1.54, 1.807) is 0 Å². The molecule has 0 heterocycles. The van der Waals surface area contributed by atoms with Crippen molar-refractivity contribution < 1.29 is 0 Å². The quantitative estimate of drug-likeness (QED) is 0.877. The summed E-state index contributed by atoms with van der Waals surface area (Å²) in [6, 6.07) is 21.9. The van der Waals surface area contributed by atoms with E-state index in [0.29, 0.717) is 17.9 Å². The Bertz CT molecular complexity index is 548. The third-order valence-corrected chi connectivity index (χ3v) is 4.66. The van der Waals surface area contributed by atoms with Crippen LogP contribution in [0.15, 0.2) is 60.7 Å². The van der Waals surface area contributed by atoms with Gasteiger partial charge in [0.2, 0.25) is 0 Å². The van der Waals surface area contributed by atoms with Crippen LogP contribution in [-0.4, -0.2) is 31.1 Å². The van der Waals surface area contributed by atoms with E-state index in [9.17, 15) is 0 Å². The second kappa shape index (κ2) is 7.57. The Morgan fingerprint density at radius 1 is 0.727 bits per heavy atom. The lowest BCUT2D eigenvalue weighted by Gasteiger charge is -2.38. The zero-order valence-corrected chi connectivity index (χ0v) is 14.1. The molecule has 2 nitrogen and oxygen atoms in total. The Morgan fingerprint density at radius 3 is 1.50 bits per heavy atom. The normalized spacial score (nSPS) is 17.0. The Hall–Kier alpha value is -1.64. The molecule has 0 aromatic heterocycles. The maximum Gasteiger partial charge on any atom is 0.0136 e. The number of likely N-dealkylation sites (N-methyl/N-ethyl adjacent to an activating group) is 1. The zero-order valence-electron chi connectivity index (χ0n) is 14.1. The fourth-order valence-electron chi connectivity index (χ4n) is 3.30. The lowest BCUT2D eigenvalue weighted by atomic mass is 9.74. The van der Waals surface area contributed by atoms with Crippen molar-refractivity contribution in [3.8, 4) is 0 Å². The van der Waals surface area contributed by atoms with Crippen LogP contribution < -0.4 is 5.73 Å². The van der Waals surface area contributed by atoms with Gasteiger partial charge in [0, 0.05) is 23.9 Å². The van der Waals surface area contributed by atoms with Crippen molar-refractivity contribution in [2.24, 2.45) is 5.73 Å². The SMILES string of the molecule is CC(N)C(c1ccccc1)C(c1ccccc1)C(C)N(C)C. The molecule has 22 heavy (non-hydrogen) atoms. The van der Waals surface area contributed by atoms with Gasteiger partial charge in [0.1, 0.15) is 0 Å². The van der Waals surface area contributed by atoms with Crippen LogP contribution in [-0.2, 0) is 0 Å². The van der Waals surface area contributed by atoms with Crippen LogP contribution >= 0.6 is 0 Å². The molecule has 2 aromatic carbocycles. The summed E-state index contributed by atoms with van der Waals surface area (Å²) in [5.41, 5.74) is 9.10. The number of rotatable bonds is 6. The molecule has 0 aliphatic carbocycles. The molecular formula is C20H28N2. The molecule has 118 valence electrons. The highest BCUT2D eigenvalue weighted by Gasteiger charge is 2.32. The predicted octanol–water partition coefficient (Wildman–Crippen LogP) is 3.85. The Kier molecular flexibility index (Phi) is 5.76. The number of nitrogens with two attached hydrogens (primary N) is 1. The molecule has 4 unspecified atom stereocenters. The molecule has 0 saturated heterocycles. The Balaban J connectivity index is 2.50. The fourth-order valence-corrected chi connectivity index (χ4v) is 3.30. The van der Waals surface area contributed by atoms with Gasteiger partial charge in [-0.15, -0.1) is 0 Å². The molecule has 4 atom stereocenters. The number of nitrogens with zero attached hydrogens (tertiary/aromatic N) is 1. The van der Waals surface area contributed by atoms with Crippen molar-refractivity contribution in [1.29, 1.82) is 0 Å². The predicted molar refractivity (Wildman–Crippen MR) is 95.2 cm³/mol. The third-order valence-electron chi connectivity index (χ3n) is 4.66.